The minimum Gasteiger partial charge on any atom is -0.375 e. The topological polar surface area (TPSA) is 91.8 Å². The fourth-order valence-corrected chi connectivity index (χ4v) is 4.17. The molecule has 7 heteroatoms. The number of hydrogen-bond donors (Lipinski definition) is 2. The lowest BCUT2D eigenvalue weighted by Crippen LogP contribution is -2.14. The predicted molar refractivity (Wildman–Crippen MR) is 79.9 cm³/mol. The van der Waals surface area contributed by atoms with Gasteiger partial charge in [-0.25, -0.2) is 4.98 Å². The van der Waals surface area contributed by atoms with Gasteiger partial charge in [0.25, 0.3) is 0 Å². The largest absolute Gasteiger partial charge is 0.375 e. The first kappa shape index (κ1) is 13.1. The average Bonchev–Trinajstić information content (AvgIpc) is 3.05. The number of aromatic nitrogens is 1. The molecule has 0 unspecified atom stereocenters. The molecule has 1 aliphatic rings. The van der Waals surface area contributed by atoms with E-state index in [-0.39, 0.29) is 12.3 Å². The van der Waals surface area contributed by atoms with Crippen molar-refractivity contribution >= 4 is 38.7 Å². The number of nitrogens with two attached hydrogens (primary N) is 1. The summed E-state index contributed by atoms with van der Waals surface area (Å²) in [5.74, 6) is -0.160. The van der Waals surface area contributed by atoms with Crippen molar-refractivity contribution < 1.29 is 4.79 Å². The van der Waals surface area contributed by atoms with E-state index >= 15 is 0 Å². The highest BCUT2D eigenvalue weighted by Gasteiger charge is 2.23. The monoisotopic (exact) mass is 304 g/mol. The van der Waals surface area contributed by atoms with Gasteiger partial charge >= 0.3 is 0 Å². The summed E-state index contributed by atoms with van der Waals surface area (Å²) in [5.41, 5.74) is 7.95. The van der Waals surface area contributed by atoms with Crippen molar-refractivity contribution in [1.29, 1.82) is 5.26 Å². The molecule has 0 radical (unpaired) electrons. The third-order valence-electron chi connectivity index (χ3n) is 3.20. The molecule has 1 amide bonds. The number of nitriles is 1. The Morgan fingerprint density at radius 2 is 2.40 bits per heavy atom. The van der Waals surface area contributed by atoms with Gasteiger partial charge in [-0.1, -0.05) is 0 Å². The molecule has 0 spiro atoms. The van der Waals surface area contributed by atoms with E-state index in [2.05, 4.69) is 16.4 Å². The summed E-state index contributed by atoms with van der Waals surface area (Å²) in [6.45, 7) is 0. The van der Waals surface area contributed by atoms with Crippen LogP contribution in [-0.2, 0) is 24.1 Å². The number of carbonyl (C=O) groups excluding carboxylic acids is 1. The SMILES string of the molecule is N#Cc1c(NC(=O)Cc2csc(N)n2)sc2c1CCC2. The van der Waals surface area contributed by atoms with Gasteiger partial charge in [0, 0.05) is 10.3 Å². The molecule has 1 aliphatic carbocycles. The molecule has 2 aromatic rings. The first-order valence-corrected chi connectivity index (χ1v) is 7.91. The molecule has 5 nitrogen and oxygen atoms in total. The molecule has 0 atom stereocenters. The van der Waals surface area contributed by atoms with Crippen LogP contribution in [0.5, 0.6) is 0 Å². The van der Waals surface area contributed by atoms with Gasteiger partial charge in [-0.3, -0.25) is 4.79 Å². The standard InChI is InChI=1S/C13H12N4OS2/c14-5-9-8-2-1-3-10(8)20-12(9)17-11(18)4-7-6-19-13(15)16-7/h6H,1-4H2,(H2,15,16)(H,17,18). The van der Waals surface area contributed by atoms with Crippen molar-refractivity contribution in [2.75, 3.05) is 11.1 Å². The molecule has 20 heavy (non-hydrogen) atoms. The molecule has 0 saturated carbocycles. The van der Waals surface area contributed by atoms with E-state index in [1.165, 1.54) is 27.6 Å². The highest BCUT2D eigenvalue weighted by Crippen LogP contribution is 2.38. The second-order valence-corrected chi connectivity index (χ2v) is 6.57. The van der Waals surface area contributed by atoms with E-state index in [4.69, 9.17) is 5.73 Å². The number of thiazole rings is 1. The number of nitrogens with one attached hydrogen (secondary N) is 1. The van der Waals surface area contributed by atoms with Crippen molar-refractivity contribution in [1.82, 2.24) is 4.98 Å². The van der Waals surface area contributed by atoms with Crippen molar-refractivity contribution in [2.45, 2.75) is 25.7 Å². The lowest BCUT2D eigenvalue weighted by atomic mass is 10.1. The average molecular weight is 304 g/mol. The van der Waals surface area contributed by atoms with Gasteiger partial charge in [0.15, 0.2) is 5.13 Å². The summed E-state index contributed by atoms with van der Waals surface area (Å²) in [4.78, 5) is 17.3. The maximum Gasteiger partial charge on any atom is 0.231 e. The minimum absolute atomic E-state index is 0.160. The van der Waals surface area contributed by atoms with Gasteiger partial charge in [-0.2, -0.15) is 5.26 Å². The van der Waals surface area contributed by atoms with Crippen molar-refractivity contribution in [2.24, 2.45) is 0 Å². The molecular formula is C13H12N4OS2. The first-order chi connectivity index (χ1) is 9.67. The molecule has 3 N–H and O–H groups in total. The zero-order valence-electron chi connectivity index (χ0n) is 10.6. The maximum absolute atomic E-state index is 12.0. The Morgan fingerprint density at radius 3 is 3.10 bits per heavy atom. The van der Waals surface area contributed by atoms with E-state index in [0.717, 1.165) is 24.8 Å². The predicted octanol–water partition coefficient (Wildman–Crippen LogP) is 2.33. The smallest absolute Gasteiger partial charge is 0.231 e. The van der Waals surface area contributed by atoms with E-state index in [9.17, 15) is 10.1 Å². The Kier molecular flexibility index (Phi) is 3.42. The fraction of sp³-hybridized carbons (Fsp3) is 0.308. The fourth-order valence-electron chi connectivity index (χ4n) is 2.35. The van der Waals surface area contributed by atoms with Gasteiger partial charge in [0.2, 0.25) is 5.91 Å². The molecule has 0 saturated heterocycles. The molecule has 0 aromatic carbocycles. The van der Waals surface area contributed by atoms with E-state index in [0.29, 0.717) is 21.4 Å². The Bertz CT molecular complexity index is 711. The highest BCUT2D eigenvalue weighted by atomic mass is 32.1. The molecular weight excluding hydrogens is 292 g/mol. The van der Waals surface area contributed by atoms with E-state index < -0.39 is 0 Å². The van der Waals surface area contributed by atoms with Gasteiger partial charge in [-0.05, 0) is 24.8 Å². The van der Waals surface area contributed by atoms with Crippen LogP contribution in [0.3, 0.4) is 0 Å². The zero-order valence-corrected chi connectivity index (χ0v) is 12.2. The number of amides is 1. The quantitative estimate of drug-likeness (QED) is 0.910. The number of thiophene rings is 1. The van der Waals surface area contributed by atoms with Crippen LogP contribution in [0.1, 0.15) is 28.1 Å². The second-order valence-electron chi connectivity index (χ2n) is 4.58. The number of nitrogens with zero attached hydrogens (tertiary/aromatic N) is 2. The minimum atomic E-state index is -0.160. The van der Waals surface area contributed by atoms with Crippen LogP contribution in [-0.4, -0.2) is 10.9 Å². The Balaban J connectivity index is 1.75. The Labute approximate surface area is 124 Å². The number of aryl methyl sites for hydroxylation is 1. The lowest BCUT2D eigenvalue weighted by Gasteiger charge is -2.02. The van der Waals surface area contributed by atoms with Gasteiger partial charge < -0.3 is 11.1 Å². The number of nitrogen functional groups attached to an aromatic ring is 1. The van der Waals surface area contributed by atoms with Gasteiger partial charge in [0.05, 0.1) is 17.7 Å². The van der Waals surface area contributed by atoms with Crippen molar-refractivity contribution in [3.05, 3.63) is 27.1 Å². The van der Waals surface area contributed by atoms with Crippen molar-refractivity contribution in [3.8, 4) is 6.07 Å². The van der Waals surface area contributed by atoms with Crippen LogP contribution in [0.2, 0.25) is 0 Å². The molecule has 3 rings (SSSR count). The molecule has 2 aromatic heterocycles. The first-order valence-electron chi connectivity index (χ1n) is 6.21. The van der Waals surface area contributed by atoms with Crippen LogP contribution in [0, 0.1) is 11.3 Å². The third kappa shape index (κ3) is 2.40. The zero-order chi connectivity index (χ0) is 14.1. The Hall–Kier alpha value is -1.91. The summed E-state index contributed by atoms with van der Waals surface area (Å²) >= 11 is 2.84. The molecule has 0 fully saturated rings. The number of fused-ring (bicyclic) bond motifs is 1. The third-order valence-corrected chi connectivity index (χ3v) is 5.13. The summed E-state index contributed by atoms with van der Waals surface area (Å²) in [6.07, 6.45) is 3.23. The Morgan fingerprint density at radius 1 is 1.55 bits per heavy atom. The molecule has 102 valence electrons. The van der Waals surface area contributed by atoms with E-state index in [1.807, 2.05) is 0 Å². The summed E-state index contributed by atoms with van der Waals surface area (Å²) in [5, 5.41) is 15.0. The van der Waals surface area contributed by atoms with Crippen LogP contribution >= 0.6 is 22.7 Å². The van der Waals surface area contributed by atoms with Gasteiger partial charge in [0.1, 0.15) is 11.1 Å². The molecule has 2 heterocycles. The van der Waals surface area contributed by atoms with Crippen molar-refractivity contribution in [3.63, 3.8) is 0 Å². The summed E-state index contributed by atoms with van der Waals surface area (Å²) in [6, 6.07) is 2.21. The van der Waals surface area contributed by atoms with Gasteiger partial charge in [-0.15, -0.1) is 22.7 Å². The molecule has 0 aliphatic heterocycles. The van der Waals surface area contributed by atoms with Crippen LogP contribution in [0.25, 0.3) is 0 Å². The maximum atomic E-state index is 12.0. The normalized spacial score (nSPS) is 12.9. The van der Waals surface area contributed by atoms with E-state index in [1.54, 1.807) is 5.38 Å². The number of rotatable bonds is 3. The number of carbonyl (C=O) groups is 1. The summed E-state index contributed by atoms with van der Waals surface area (Å²) in [7, 11) is 0. The van der Waals surface area contributed by atoms with Crippen LogP contribution in [0.15, 0.2) is 5.38 Å². The second kappa shape index (κ2) is 5.23. The lowest BCUT2D eigenvalue weighted by molar-refractivity contribution is -0.115. The molecule has 0 bridgehead atoms. The number of anilines is 2. The highest BCUT2D eigenvalue weighted by molar-refractivity contribution is 7.16. The number of hydrogen-bond acceptors (Lipinski definition) is 6. The van der Waals surface area contributed by atoms with Crippen LogP contribution < -0.4 is 11.1 Å². The van der Waals surface area contributed by atoms with Crippen LogP contribution in [0.4, 0.5) is 10.1 Å². The summed E-state index contributed by atoms with van der Waals surface area (Å²) < 4.78 is 0.